The van der Waals surface area contributed by atoms with Gasteiger partial charge in [-0.1, -0.05) is 11.8 Å². The molecule has 2 aliphatic rings. The van der Waals surface area contributed by atoms with Gasteiger partial charge in [0.15, 0.2) is 0 Å². The first-order chi connectivity index (χ1) is 8.75. The number of hydrogen-bond donors (Lipinski definition) is 1. The molecule has 1 amide bonds. The second-order valence-corrected chi connectivity index (χ2v) is 5.37. The van der Waals surface area contributed by atoms with E-state index in [0.29, 0.717) is 24.5 Å². The summed E-state index contributed by atoms with van der Waals surface area (Å²) in [5, 5.41) is 6.88. The minimum Gasteiger partial charge on any atom is -0.477 e. The summed E-state index contributed by atoms with van der Waals surface area (Å²) < 4.78 is 7.14. The van der Waals surface area contributed by atoms with Crippen LogP contribution in [0.15, 0.2) is 6.20 Å². The van der Waals surface area contributed by atoms with Gasteiger partial charge in [-0.3, -0.25) is 9.59 Å². The molecule has 3 rings (SSSR count). The zero-order chi connectivity index (χ0) is 12.5. The van der Waals surface area contributed by atoms with Crippen molar-refractivity contribution in [3.8, 4) is 5.88 Å². The number of rotatable bonds is 2. The Labute approximate surface area is 108 Å². The zero-order valence-corrected chi connectivity index (χ0v) is 10.5. The quantitative estimate of drug-likeness (QED) is 0.841. The number of carbonyl (C=O) groups excluding carboxylic acids is 2. The molecular weight excluding hydrogens is 254 g/mol. The van der Waals surface area contributed by atoms with E-state index in [1.165, 1.54) is 18.0 Å². The minimum atomic E-state index is -0.373. The topological polar surface area (TPSA) is 73.2 Å². The predicted octanol–water partition coefficient (Wildman–Crippen LogP) is 0.427. The summed E-state index contributed by atoms with van der Waals surface area (Å²) in [6, 6.07) is -0.373. The van der Waals surface area contributed by atoms with Crippen LogP contribution in [0.1, 0.15) is 23.2 Å². The number of nitrogens with one attached hydrogen (secondary N) is 1. The molecule has 1 aromatic rings. The van der Waals surface area contributed by atoms with Crippen molar-refractivity contribution in [3.05, 3.63) is 11.8 Å². The Bertz CT molecular complexity index is 500. The molecule has 1 fully saturated rings. The Morgan fingerprint density at radius 1 is 1.61 bits per heavy atom. The number of ether oxygens (including phenoxy) is 1. The summed E-state index contributed by atoms with van der Waals surface area (Å²) in [4.78, 5) is 23.5. The lowest BCUT2D eigenvalue weighted by molar-refractivity contribution is -0.112. The van der Waals surface area contributed by atoms with Crippen LogP contribution in [0.4, 0.5) is 0 Å². The van der Waals surface area contributed by atoms with Crippen LogP contribution in [0.5, 0.6) is 5.88 Å². The molecule has 0 saturated carbocycles. The highest BCUT2D eigenvalue weighted by Crippen LogP contribution is 2.24. The third-order valence-corrected chi connectivity index (χ3v) is 4.04. The van der Waals surface area contributed by atoms with Crippen molar-refractivity contribution in [2.45, 2.75) is 25.4 Å². The van der Waals surface area contributed by atoms with E-state index in [-0.39, 0.29) is 17.1 Å². The lowest BCUT2D eigenvalue weighted by Gasteiger charge is -2.16. The largest absolute Gasteiger partial charge is 0.477 e. The molecule has 0 spiro atoms. The van der Waals surface area contributed by atoms with Crippen molar-refractivity contribution in [1.29, 1.82) is 0 Å². The van der Waals surface area contributed by atoms with E-state index in [1.54, 1.807) is 4.68 Å². The molecule has 1 aromatic heterocycles. The first-order valence-electron chi connectivity index (χ1n) is 5.92. The number of carbonyl (C=O) groups is 2. The van der Waals surface area contributed by atoms with E-state index in [1.807, 2.05) is 0 Å². The van der Waals surface area contributed by atoms with Gasteiger partial charge in [0.2, 0.25) is 11.0 Å². The van der Waals surface area contributed by atoms with E-state index in [2.05, 4.69) is 10.4 Å². The van der Waals surface area contributed by atoms with E-state index >= 15 is 0 Å². The molecule has 96 valence electrons. The number of fused-ring (bicyclic) bond motifs is 1. The van der Waals surface area contributed by atoms with Crippen LogP contribution in [0.3, 0.4) is 0 Å². The summed E-state index contributed by atoms with van der Waals surface area (Å²) in [5.41, 5.74) is 0.416. The zero-order valence-electron chi connectivity index (χ0n) is 9.72. The third-order valence-electron chi connectivity index (χ3n) is 3.03. The highest BCUT2D eigenvalue weighted by molar-refractivity contribution is 8.14. The lowest BCUT2D eigenvalue weighted by Crippen LogP contribution is -2.37. The molecule has 3 heterocycles. The number of aromatic nitrogens is 2. The standard InChI is InChI=1S/C11H13N3O3S/c15-9(13-8-2-5-18-11(8)16)7-6-12-14-3-1-4-17-10(7)14/h6,8H,1-5H2,(H,13,15)/t8-/m1/s1. The minimum absolute atomic E-state index is 0.0327. The molecule has 0 aliphatic carbocycles. The molecule has 0 unspecified atom stereocenters. The molecule has 1 saturated heterocycles. The number of amides is 1. The van der Waals surface area contributed by atoms with Crippen LogP contribution >= 0.6 is 11.8 Å². The molecule has 6 nitrogen and oxygen atoms in total. The monoisotopic (exact) mass is 267 g/mol. The molecule has 0 aromatic carbocycles. The third kappa shape index (κ3) is 1.98. The molecule has 18 heavy (non-hydrogen) atoms. The summed E-state index contributed by atoms with van der Waals surface area (Å²) >= 11 is 1.27. The van der Waals surface area contributed by atoms with E-state index in [4.69, 9.17) is 4.74 Å². The maximum atomic E-state index is 12.1. The van der Waals surface area contributed by atoms with Crippen molar-refractivity contribution in [2.75, 3.05) is 12.4 Å². The number of aryl methyl sites for hydroxylation is 1. The van der Waals surface area contributed by atoms with Crippen LogP contribution in [0.2, 0.25) is 0 Å². The van der Waals surface area contributed by atoms with Gasteiger partial charge in [-0.05, 0) is 6.42 Å². The summed E-state index contributed by atoms with van der Waals surface area (Å²) in [6.07, 6.45) is 3.09. The predicted molar refractivity (Wildman–Crippen MR) is 65.7 cm³/mol. The summed E-state index contributed by atoms with van der Waals surface area (Å²) in [7, 11) is 0. The smallest absolute Gasteiger partial charge is 0.259 e. The SMILES string of the molecule is O=C(N[C@@H]1CCSC1=O)c1cnn2c1OCCC2. The van der Waals surface area contributed by atoms with E-state index in [0.717, 1.165) is 18.7 Å². The summed E-state index contributed by atoms with van der Waals surface area (Å²) in [6.45, 7) is 1.37. The molecule has 1 atom stereocenters. The van der Waals surface area contributed by atoms with E-state index in [9.17, 15) is 9.59 Å². The first-order valence-corrected chi connectivity index (χ1v) is 6.90. The average molecular weight is 267 g/mol. The van der Waals surface area contributed by atoms with Gasteiger partial charge in [-0.15, -0.1) is 0 Å². The number of thioether (sulfide) groups is 1. The van der Waals surface area contributed by atoms with Crippen LogP contribution in [0, 0.1) is 0 Å². The fraction of sp³-hybridized carbons (Fsp3) is 0.545. The Kier molecular flexibility index (Phi) is 2.99. The normalized spacial score (nSPS) is 22.4. The van der Waals surface area contributed by atoms with Crippen LogP contribution in [-0.2, 0) is 11.3 Å². The van der Waals surface area contributed by atoms with Gasteiger partial charge in [0.05, 0.1) is 18.8 Å². The molecule has 0 bridgehead atoms. The second-order valence-electron chi connectivity index (χ2n) is 4.27. The maximum Gasteiger partial charge on any atom is 0.259 e. The number of hydrogen-bond acceptors (Lipinski definition) is 5. The van der Waals surface area contributed by atoms with E-state index < -0.39 is 0 Å². The second kappa shape index (κ2) is 4.64. The van der Waals surface area contributed by atoms with Gasteiger partial charge < -0.3 is 10.1 Å². The van der Waals surface area contributed by atoms with Crippen LogP contribution < -0.4 is 10.1 Å². The Balaban J connectivity index is 1.76. The molecule has 0 radical (unpaired) electrons. The van der Waals surface area contributed by atoms with Gasteiger partial charge in [0.25, 0.3) is 5.91 Å². The van der Waals surface area contributed by atoms with Crippen LogP contribution in [0.25, 0.3) is 0 Å². The molecular formula is C11H13N3O3S. The fourth-order valence-electron chi connectivity index (χ4n) is 2.09. The highest BCUT2D eigenvalue weighted by Gasteiger charge is 2.29. The number of nitrogens with zero attached hydrogens (tertiary/aromatic N) is 2. The van der Waals surface area contributed by atoms with Crippen molar-refractivity contribution in [1.82, 2.24) is 15.1 Å². The Morgan fingerprint density at radius 2 is 2.50 bits per heavy atom. The van der Waals surface area contributed by atoms with Crippen molar-refractivity contribution < 1.29 is 14.3 Å². The van der Waals surface area contributed by atoms with Gasteiger partial charge in [0.1, 0.15) is 5.56 Å². The Morgan fingerprint density at radius 3 is 3.28 bits per heavy atom. The summed E-state index contributed by atoms with van der Waals surface area (Å²) in [5.74, 6) is 1.00. The lowest BCUT2D eigenvalue weighted by atomic mass is 10.2. The van der Waals surface area contributed by atoms with Crippen molar-refractivity contribution in [3.63, 3.8) is 0 Å². The van der Waals surface area contributed by atoms with Crippen LogP contribution in [-0.4, -0.2) is 39.2 Å². The fourth-order valence-corrected chi connectivity index (χ4v) is 3.02. The average Bonchev–Trinajstić information content (AvgIpc) is 2.96. The molecule has 1 N–H and O–H groups in total. The Hall–Kier alpha value is -1.50. The molecule has 7 heteroatoms. The molecule has 2 aliphatic heterocycles. The van der Waals surface area contributed by atoms with Gasteiger partial charge in [0, 0.05) is 18.7 Å². The van der Waals surface area contributed by atoms with Gasteiger partial charge >= 0.3 is 0 Å². The first kappa shape index (κ1) is 11.6. The van der Waals surface area contributed by atoms with Crippen molar-refractivity contribution >= 4 is 22.8 Å². The van der Waals surface area contributed by atoms with Crippen molar-refractivity contribution in [2.24, 2.45) is 0 Å². The van der Waals surface area contributed by atoms with Gasteiger partial charge in [-0.25, -0.2) is 4.68 Å². The maximum absolute atomic E-state index is 12.1. The van der Waals surface area contributed by atoms with Gasteiger partial charge in [-0.2, -0.15) is 5.10 Å². The highest BCUT2D eigenvalue weighted by atomic mass is 32.2.